The van der Waals surface area contributed by atoms with Crippen LogP contribution in [-0.2, 0) is 6.42 Å². The van der Waals surface area contributed by atoms with E-state index in [9.17, 15) is 0 Å². The van der Waals surface area contributed by atoms with Crippen molar-refractivity contribution in [1.82, 2.24) is 5.32 Å². The van der Waals surface area contributed by atoms with Gasteiger partial charge in [-0.25, -0.2) is 0 Å². The van der Waals surface area contributed by atoms with Crippen LogP contribution in [0.25, 0.3) is 0 Å². The largest absolute Gasteiger partial charge is 0.371 e. The first kappa shape index (κ1) is 13.9. The molecule has 1 aliphatic carbocycles. The number of hydrogen-bond acceptors (Lipinski definition) is 3. The van der Waals surface area contributed by atoms with Crippen molar-refractivity contribution in [2.75, 3.05) is 24.5 Å². The summed E-state index contributed by atoms with van der Waals surface area (Å²) in [5, 5.41) is 3.71. The van der Waals surface area contributed by atoms with E-state index in [1.807, 2.05) is 0 Å². The van der Waals surface area contributed by atoms with Crippen molar-refractivity contribution in [1.29, 1.82) is 0 Å². The normalized spacial score (nSPS) is 25.8. The second-order valence-electron chi connectivity index (χ2n) is 6.29. The summed E-state index contributed by atoms with van der Waals surface area (Å²) < 4.78 is 0. The Hall–Kier alpha value is -1.06. The topological polar surface area (TPSA) is 41.3 Å². The maximum atomic E-state index is 5.95. The Kier molecular flexibility index (Phi) is 4.58. The summed E-state index contributed by atoms with van der Waals surface area (Å²) in [6.07, 6.45) is 7.34. The molecule has 3 N–H and O–H groups in total. The van der Waals surface area contributed by atoms with Crippen LogP contribution in [0.3, 0.4) is 0 Å². The van der Waals surface area contributed by atoms with E-state index in [4.69, 9.17) is 5.73 Å². The third kappa shape index (κ3) is 3.33. The van der Waals surface area contributed by atoms with Crippen molar-refractivity contribution >= 4 is 5.69 Å². The number of rotatable bonds is 5. The van der Waals surface area contributed by atoms with Gasteiger partial charge in [-0.15, -0.1) is 0 Å². The van der Waals surface area contributed by atoms with Gasteiger partial charge in [-0.2, -0.15) is 0 Å². The molecule has 1 aliphatic heterocycles. The van der Waals surface area contributed by atoms with Crippen LogP contribution in [-0.4, -0.2) is 31.7 Å². The molecule has 2 aliphatic rings. The summed E-state index contributed by atoms with van der Waals surface area (Å²) in [6.45, 7) is 3.51. The number of hydrogen-bond donors (Lipinski definition) is 2. The second-order valence-corrected chi connectivity index (χ2v) is 6.29. The molecule has 0 saturated heterocycles. The van der Waals surface area contributed by atoms with E-state index in [1.54, 1.807) is 0 Å². The molecule has 0 unspecified atom stereocenters. The zero-order valence-electron chi connectivity index (χ0n) is 12.4. The molecular formula is C17H27N3. The lowest BCUT2D eigenvalue weighted by Gasteiger charge is -2.27. The molecule has 1 heterocycles. The Morgan fingerprint density at radius 2 is 1.95 bits per heavy atom. The highest BCUT2D eigenvalue weighted by atomic mass is 15.1. The highest BCUT2D eigenvalue weighted by Gasteiger charge is 2.19. The van der Waals surface area contributed by atoms with Crippen LogP contribution < -0.4 is 16.0 Å². The van der Waals surface area contributed by atoms with E-state index in [0.29, 0.717) is 12.1 Å². The van der Waals surface area contributed by atoms with Crippen molar-refractivity contribution in [3.05, 3.63) is 29.8 Å². The van der Waals surface area contributed by atoms with Gasteiger partial charge >= 0.3 is 0 Å². The predicted molar refractivity (Wildman–Crippen MR) is 85.2 cm³/mol. The second kappa shape index (κ2) is 6.59. The van der Waals surface area contributed by atoms with Crippen LogP contribution in [0.4, 0.5) is 5.69 Å². The number of anilines is 1. The molecule has 0 aromatic heterocycles. The first-order valence-corrected chi connectivity index (χ1v) is 8.15. The lowest BCUT2D eigenvalue weighted by molar-refractivity contribution is 0.342. The predicted octanol–water partition coefficient (Wildman–Crippen LogP) is 2.30. The number of benzene rings is 1. The molecule has 1 aromatic carbocycles. The van der Waals surface area contributed by atoms with Crippen molar-refractivity contribution in [2.45, 2.75) is 50.6 Å². The quantitative estimate of drug-likeness (QED) is 0.809. The zero-order chi connectivity index (χ0) is 13.8. The fourth-order valence-electron chi connectivity index (χ4n) is 3.54. The van der Waals surface area contributed by atoms with E-state index >= 15 is 0 Å². The average molecular weight is 273 g/mol. The van der Waals surface area contributed by atoms with Gasteiger partial charge < -0.3 is 16.0 Å². The van der Waals surface area contributed by atoms with Crippen LogP contribution in [0.2, 0.25) is 0 Å². The van der Waals surface area contributed by atoms with Gasteiger partial charge in [0.2, 0.25) is 0 Å². The number of fused-ring (bicyclic) bond motifs is 1. The van der Waals surface area contributed by atoms with Crippen LogP contribution in [0.5, 0.6) is 0 Å². The number of nitrogens with two attached hydrogens (primary N) is 1. The van der Waals surface area contributed by atoms with E-state index < -0.39 is 0 Å². The van der Waals surface area contributed by atoms with Gasteiger partial charge in [0.1, 0.15) is 0 Å². The first-order valence-electron chi connectivity index (χ1n) is 8.15. The maximum absolute atomic E-state index is 5.95. The molecule has 0 atom stereocenters. The van der Waals surface area contributed by atoms with Crippen LogP contribution in [0.15, 0.2) is 24.3 Å². The Labute approximate surface area is 122 Å². The van der Waals surface area contributed by atoms with Gasteiger partial charge in [-0.05, 0) is 56.7 Å². The number of nitrogens with one attached hydrogen (secondary N) is 1. The smallest absolute Gasteiger partial charge is 0.0399 e. The molecule has 1 fully saturated rings. The van der Waals surface area contributed by atoms with Crippen molar-refractivity contribution in [3.8, 4) is 0 Å². The minimum absolute atomic E-state index is 0.453. The molecule has 1 aromatic rings. The average Bonchev–Trinajstić information content (AvgIpc) is 2.89. The third-order valence-corrected chi connectivity index (χ3v) is 4.79. The van der Waals surface area contributed by atoms with Crippen molar-refractivity contribution < 1.29 is 0 Å². The molecule has 0 radical (unpaired) electrons. The summed E-state index contributed by atoms with van der Waals surface area (Å²) in [6, 6.07) is 9.99. The van der Waals surface area contributed by atoms with E-state index in [-0.39, 0.29) is 0 Å². The van der Waals surface area contributed by atoms with Crippen LogP contribution in [0, 0.1) is 0 Å². The summed E-state index contributed by atoms with van der Waals surface area (Å²) in [7, 11) is 0. The molecule has 3 heteroatoms. The van der Waals surface area contributed by atoms with E-state index in [2.05, 4.69) is 34.5 Å². The Morgan fingerprint density at radius 1 is 1.15 bits per heavy atom. The van der Waals surface area contributed by atoms with Gasteiger partial charge in [-0.3, -0.25) is 0 Å². The molecule has 0 spiro atoms. The molecule has 0 amide bonds. The first-order chi connectivity index (χ1) is 9.83. The molecule has 3 nitrogen and oxygen atoms in total. The highest BCUT2D eigenvalue weighted by Crippen LogP contribution is 2.27. The number of para-hydroxylation sites is 1. The SMILES string of the molecule is NC1CCC(NCCCN2CCc3ccccc32)CC1. The molecule has 3 rings (SSSR count). The van der Waals surface area contributed by atoms with E-state index in [1.165, 1.54) is 62.9 Å². The summed E-state index contributed by atoms with van der Waals surface area (Å²) in [5.74, 6) is 0. The zero-order valence-corrected chi connectivity index (χ0v) is 12.4. The molecule has 1 saturated carbocycles. The Balaban J connectivity index is 1.37. The highest BCUT2D eigenvalue weighted by molar-refractivity contribution is 5.57. The Morgan fingerprint density at radius 3 is 2.80 bits per heavy atom. The summed E-state index contributed by atoms with van der Waals surface area (Å²) >= 11 is 0. The van der Waals surface area contributed by atoms with Crippen molar-refractivity contribution in [2.24, 2.45) is 5.73 Å². The van der Waals surface area contributed by atoms with Gasteiger partial charge in [0.25, 0.3) is 0 Å². The number of nitrogens with zero attached hydrogens (tertiary/aromatic N) is 1. The molecule has 0 bridgehead atoms. The lowest BCUT2D eigenvalue weighted by Crippen LogP contribution is -2.38. The van der Waals surface area contributed by atoms with Crippen LogP contribution in [0.1, 0.15) is 37.7 Å². The van der Waals surface area contributed by atoms with Gasteiger partial charge in [0, 0.05) is 30.9 Å². The maximum Gasteiger partial charge on any atom is 0.0399 e. The van der Waals surface area contributed by atoms with Gasteiger partial charge in [-0.1, -0.05) is 18.2 Å². The van der Waals surface area contributed by atoms with Crippen molar-refractivity contribution in [3.63, 3.8) is 0 Å². The fourth-order valence-corrected chi connectivity index (χ4v) is 3.54. The molecular weight excluding hydrogens is 246 g/mol. The van der Waals surface area contributed by atoms with Crippen LogP contribution >= 0.6 is 0 Å². The Bertz CT molecular complexity index is 424. The lowest BCUT2D eigenvalue weighted by atomic mass is 9.92. The van der Waals surface area contributed by atoms with Gasteiger partial charge in [0.15, 0.2) is 0 Å². The summed E-state index contributed by atoms with van der Waals surface area (Å²) in [4.78, 5) is 2.54. The van der Waals surface area contributed by atoms with Gasteiger partial charge in [0.05, 0.1) is 0 Å². The third-order valence-electron chi connectivity index (χ3n) is 4.79. The standard InChI is InChI=1S/C17H27N3/c18-15-6-8-16(9-7-15)19-11-3-12-20-13-10-14-4-1-2-5-17(14)20/h1-2,4-5,15-16,19H,3,6-13,18H2. The summed E-state index contributed by atoms with van der Waals surface area (Å²) in [5.41, 5.74) is 8.92. The minimum atomic E-state index is 0.453. The minimum Gasteiger partial charge on any atom is -0.371 e. The van der Waals surface area contributed by atoms with E-state index in [0.717, 1.165) is 6.54 Å². The molecule has 20 heavy (non-hydrogen) atoms. The monoisotopic (exact) mass is 273 g/mol. The molecule has 110 valence electrons. The fraction of sp³-hybridized carbons (Fsp3) is 0.647.